The molecule has 0 aromatic heterocycles. The summed E-state index contributed by atoms with van der Waals surface area (Å²) in [5.41, 5.74) is 12.6. The molecule has 4 aromatic rings. The van der Waals surface area contributed by atoms with E-state index in [2.05, 4.69) is 0 Å². The summed E-state index contributed by atoms with van der Waals surface area (Å²) < 4.78 is 134. The Labute approximate surface area is 284 Å². The Balaban J connectivity index is 1.48. The van der Waals surface area contributed by atoms with Gasteiger partial charge in [-0.25, -0.2) is 16.8 Å². The average Bonchev–Trinajstić information content (AvgIpc) is 3.40. The van der Waals surface area contributed by atoms with E-state index < -0.39 is 73.4 Å². The van der Waals surface area contributed by atoms with Gasteiger partial charge in [0, 0.05) is 13.1 Å². The fourth-order valence-electron chi connectivity index (χ4n) is 5.37. The number of benzene rings is 4. The third-order valence-electron chi connectivity index (χ3n) is 7.96. The minimum absolute atomic E-state index is 0.0171. The molecule has 5 rings (SSSR count). The molecule has 1 aliphatic carbocycles. The topological polar surface area (TPSA) is 248 Å². The van der Waals surface area contributed by atoms with Crippen LogP contribution in [-0.4, -0.2) is 79.6 Å². The van der Waals surface area contributed by atoms with Crippen LogP contribution in [0.1, 0.15) is 11.1 Å². The first kappa shape index (κ1) is 36.4. The van der Waals surface area contributed by atoms with Crippen LogP contribution in [0, 0.1) is 0 Å². The van der Waals surface area contributed by atoms with Crippen molar-refractivity contribution >= 4 is 39.9 Å². The Bertz CT molecular complexity index is 2150. The molecule has 0 heterocycles. The molecule has 0 spiro atoms. The van der Waals surface area contributed by atoms with E-state index in [1.807, 2.05) is 0 Å². The minimum Gasteiger partial charge on any atom is -0.491 e. The highest BCUT2D eigenvalue weighted by Gasteiger charge is 2.33. The van der Waals surface area contributed by atoms with E-state index in [0.29, 0.717) is 11.1 Å². The molecule has 2 unspecified atom stereocenters. The van der Waals surface area contributed by atoms with E-state index in [9.17, 15) is 42.8 Å². The number of rotatable bonds is 14. The fraction of sp³-hybridized carbons (Fsp3) is 0.226. The first-order chi connectivity index (χ1) is 23.0. The standard InChI is InChI=1S/C31H32N2O12S4/c32-16-24(46(34,35)22-7-3-1-4-8-22)18-44-28-12-20-11-21-13-29(45-19-25(17-33)47(36,37)23-9-5-2-6-10-23)31(49(41,42)43)15-27(21)26(20)14-30(28)48(38,39)40/h1-10,12-15,24-25H,11,16-19,32-33H2,(H,38,39,40)(H,41,42,43). The molecule has 14 nitrogen and oxygen atoms in total. The van der Waals surface area contributed by atoms with E-state index in [0.717, 1.165) is 12.1 Å². The van der Waals surface area contributed by atoms with Crippen molar-refractivity contribution in [1.82, 2.24) is 0 Å². The molecule has 6 N–H and O–H groups in total. The quantitative estimate of drug-likeness (QED) is 0.119. The molecule has 0 bridgehead atoms. The van der Waals surface area contributed by atoms with E-state index in [4.69, 9.17) is 20.9 Å². The lowest BCUT2D eigenvalue weighted by Gasteiger charge is -2.19. The SMILES string of the molecule is NCC(COc1cc2c(cc1S(=O)(=O)O)-c1cc(S(=O)(=O)O)c(OCC(CN)S(=O)(=O)c3ccccc3)cc1C2)S(=O)(=O)c1ccccc1. The number of nitrogens with two attached hydrogens (primary N) is 2. The first-order valence-electron chi connectivity index (χ1n) is 14.5. The molecule has 0 aliphatic heterocycles. The van der Waals surface area contributed by atoms with Gasteiger partial charge in [0.15, 0.2) is 19.7 Å². The first-order valence-corrected chi connectivity index (χ1v) is 20.5. The second kappa shape index (κ2) is 13.8. The average molecular weight is 753 g/mol. The van der Waals surface area contributed by atoms with Crippen LogP contribution < -0.4 is 20.9 Å². The zero-order chi connectivity index (χ0) is 35.8. The Hall–Kier alpha value is -3.88. The van der Waals surface area contributed by atoms with Crippen molar-refractivity contribution in [3.63, 3.8) is 0 Å². The van der Waals surface area contributed by atoms with Gasteiger partial charge in [0.05, 0.1) is 9.79 Å². The summed E-state index contributed by atoms with van der Waals surface area (Å²) in [6, 6.07) is 19.5. The van der Waals surface area contributed by atoms with Crippen LogP contribution in [0.5, 0.6) is 11.5 Å². The summed E-state index contributed by atoms with van der Waals surface area (Å²) in [6.07, 6.45) is 0.0557. The van der Waals surface area contributed by atoms with Crippen LogP contribution >= 0.6 is 0 Å². The number of ether oxygens (including phenoxy) is 2. The van der Waals surface area contributed by atoms with Crippen LogP contribution in [0.2, 0.25) is 0 Å². The number of fused-ring (bicyclic) bond motifs is 3. The van der Waals surface area contributed by atoms with Gasteiger partial charge in [-0.1, -0.05) is 36.4 Å². The van der Waals surface area contributed by atoms with Crippen molar-refractivity contribution in [3.8, 4) is 22.6 Å². The fourth-order valence-corrected chi connectivity index (χ4v) is 9.49. The normalized spacial score (nSPS) is 14.4. The summed E-state index contributed by atoms with van der Waals surface area (Å²) in [5.74, 6) is -0.752. The monoisotopic (exact) mass is 752 g/mol. The summed E-state index contributed by atoms with van der Waals surface area (Å²) in [4.78, 5) is -1.48. The zero-order valence-electron chi connectivity index (χ0n) is 25.5. The van der Waals surface area contributed by atoms with Gasteiger partial charge in [-0.15, -0.1) is 0 Å². The van der Waals surface area contributed by atoms with Crippen LogP contribution in [0.3, 0.4) is 0 Å². The van der Waals surface area contributed by atoms with Crippen LogP contribution in [0.15, 0.2) is 105 Å². The van der Waals surface area contributed by atoms with E-state index in [-0.39, 0.29) is 51.9 Å². The maximum Gasteiger partial charge on any atom is 0.298 e. The highest BCUT2D eigenvalue weighted by Crippen LogP contribution is 2.45. The molecule has 262 valence electrons. The van der Waals surface area contributed by atoms with Crippen molar-refractivity contribution in [3.05, 3.63) is 96.1 Å². The van der Waals surface area contributed by atoms with Crippen molar-refractivity contribution in [2.75, 3.05) is 26.3 Å². The predicted octanol–water partition coefficient (Wildman–Crippen LogP) is 2.11. The van der Waals surface area contributed by atoms with Crippen LogP contribution in [-0.2, 0) is 46.3 Å². The summed E-state index contributed by atoms with van der Waals surface area (Å²) in [5, 5.41) is -2.57. The second-order valence-electron chi connectivity index (χ2n) is 11.1. The Morgan fingerprint density at radius 3 is 1.22 bits per heavy atom. The summed E-state index contributed by atoms with van der Waals surface area (Å²) in [6.45, 7) is -1.87. The van der Waals surface area contributed by atoms with Crippen molar-refractivity contribution < 1.29 is 52.3 Å². The molecule has 2 atom stereocenters. The zero-order valence-corrected chi connectivity index (χ0v) is 28.8. The van der Waals surface area contributed by atoms with Crippen molar-refractivity contribution in [2.45, 2.75) is 36.5 Å². The highest BCUT2D eigenvalue weighted by molar-refractivity contribution is 7.92. The number of sulfone groups is 2. The van der Waals surface area contributed by atoms with Gasteiger partial charge in [-0.3, -0.25) is 9.11 Å². The molecule has 0 amide bonds. The lowest BCUT2D eigenvalue weighted by molar-refractivity contribution is 0.304. The smallest absolute Gasteiger partial charge is 0.298 e. The van der Waals surface area contributed by atoms with E-state index in [1.165, 1.54) is 60.7 Å². The molecule has 0 radical (unpaired) electrons. The molecule has 0 fully saturated rings. The maximum absolute atomic E-state index is 13.1. The minimum atomic E-state index is -4.97. The van der Waals surface area contributed by atoms with Gasteiger partial charge in [-0.2, -0.15) is 16.8 Å². The van der Waals surface area contributed by atoms with Crippen molar-refractivity contribution in [1.29, 1.82) is 0 Å². The molecule has 4 aromatic carbocycles. The molecule has 49 heavy (non-hydrogen) atoms. The number of hydrogen-bond acceptors (Lipinski definition) is 12. The van der Waals surface area contributed by atoms with E-state index >= 15 is 0 Å². The largest absolute Gasteiger partial charge is 0.491 e. The second-order valence-corrected chi connectivity index (χ2v) is 18.3. The maximum atomic E-state index is 13.1. The van der Waals surface area contributed by atoms with Gasteiger partial charge in [0.25, 0.3) is 20.2 Å². The molecular formula is C31H32N2O12S4. The van der Waals surface area contributed by atoms with Gasteiger partial charge in [0.2, 0.25) is 0 Å². The Morgan fingerprint density at radius 2 is 0.918 bits per heavy atom. The van der Waals surface area contributed by atoms with Crippen LogP contribution in [0.4, 0.5) is 0 Å². The lowest BCUT2D eigenvalue weighted by atomic mass is 10.1. The third kappa shape index (κ3) is 7.51. The van der Waals surface area contributed by atoms with E-state index in [1.54, 1.807) is 12.1 Å². The Morgan fingerprint density at radius 1 is 0.571 bits per heavy atom. The van der Waals surface area contributed by atoms with Gasteiger partial charge < -0.3 is 20.9 Å². The Kier molecular flexibility index (Phi) is 10.2. The van der Waals surface area contributed by atoms with Gasteiger partial charge in [-0.05, 0) is 77.2 Å². The van der Waals surface area contributed by atoms with Gasteiger partial charge in [0.1, 0.15) is 45.0 Å². The van der Waals surface area contributed by atoms with Crippen molar-refractivity contribution in [2.24, 2.45) is 11.5 Å². The molecule has 0 saturated heterocycles. The van der Waals surface area contributed by atoms with Gasteiger partial charge >= 0.3 is 0 Å². The molecular weight excluding hydrogens is 721 g/mol. The molecule has 18 heteroatoms. The lowest BCUT2D eigenvalue weighted by Crippen LogP contribution is -2.35. The third-order valence-corrected chi connectivity index (χ3v) is 14.0. The molecule has 1 aliphatic rings. The predicted molar refractivity (Wildman–Crippen MR) is 178 cm³/mol. The number of hydrogen-bond donors (Lipinski definition) is 4. The highest BCUT2D eigenvalue weighted by atomic mass is 32.2. The molecule has 0 saturated carbocycles. The summed E-state index contributed by atoms with van der Waals surface area (Å²) in [7, 11) is -17.9. The summed E-state index contributed by atoms with van der Waals surface area (Å²) >= 11 is 0. The van der Waals surface area contributed by atoms with Crippen LogP contribution in [0.25, 0.3) is 11.1 Å².